The SMILES string of the molecule is O=C(/C=C\Cl)OCC(F)(F)F. The minimum absolute atomic E-state index is 0.688. The lowest BCUT2D eigenvalue weighted by atomic mass is 10.6. The third kappa shape index (κ3) is 7.18. The van der Waals surface area contributed by atoms with Crippen LogP contribution in [0.25, 0.3) is 0 Å². The molecule has 0 N–H and O–H groups in total. The van der Waals surface area contributed by atoms with E-state index < -0.39 is 18.8 Å². The van der Waals surface area contributed by atoms with Crippen molar-refractivity contribution in [3.05, 3.63) is 11.6 Å². The molecule has 2 nitrogen and oxygen atoms in total. The fourth-order valence-electron chi connectivity index (χ4n) is 0.253. The molecule has 0 saturated heterocycles. The van der Waals surface area contributed by atoms with Gasteiger partial charge in [-0.05, 0) is 0 Å². The van der Waals surface area contributed by atoms with Gasteiger partial charge < -0.3 is 4.74 Å². The van der Waals surface area contributed by atoms with Crippen molar-refractivity contribution >= 4 is 17.6 Å². The van der Waals surface area contributed by atoms with Crippen LogP contribution in [0.15, 0.2) is 11.6 Å². The molecule has 0 aromatic heterocycles. The molecule has 0 aliphatic rings. The van der Waals surface area contributed by atoms with E-state index in [0.717, 1.165) is 5.54 Å². The predicted octanol–water partition coefficient (Wildman–Crippen LogP) is 1.84. The molecule has 6 heteroatoms. The second kappa shape index (κ2) is 4.23. The van der Waals surface area contributed by atoms with Crippen molar-refractivity contribution in [2.24, 2.45) is 0 Å². The first kappa shape index (κ1) is 10.3. The number of carbonyl (C=O) groups excluding carboxylic acids is 1. The summed E-state index contributed by atoms with van der Waals surface area (Å²) in [4.78, 5) is 10.2. The highest BCUT2D eigenvalue weighted by Crippen LogP contribution is 2.14. The maximum absolute atomic E-state index is 11.3. The number of alkyl halides is 3. The Kier molecular flexibility index (Phi) is 3.95. The van der Waals surface area contributed by atoms with Gasteiger partial charge in [0.25, 0.3) is 0 Å². The first-order chi connectivity index (χ1) is 4.95. The lowest BCUT2D eigenvalue weighted by molar-refractivity contribution is -0.182. The van der Waals surface area contributed by atoms with Crippen LogP contribution >= 0.6 is 11.6 Å². The van der Waals surface area contributed by atoms with Crippen LogP contribution in [-0.2, 0) is 9.53 Å². The molecule has 0 aliphatic carbocycles. The lowest BCUT2D eigenvalue weighted by Gasteiger charge is -2.04. The maximum Gasteiger partial charge on any atom is 0.422 e. The molecule has 0 aliphatic heterocycles. The number of ether oxygens (including phenoxy) is 1. The molecule has 0 atom stereocenters. The Morgan fingerprint density at radius 3 is 2.45 bits per heavy atom. The summed E-state index contributed by atoms with van der Waals surface area (Å²) in [6, 6.07) is 0. The van der Waals surface area contributed by atoms with E-state index in [4.69, 9.17) is 11.6 Å². The van der Waals surface area contributed by atoms with Crippen LogP contribution in [0.5, 0.6) is 0 Å². The summed E-state index contributed by atoms with van der Waals surface area (Å²) in [5.41, 5.74) is 0.776. The minimum Gasteiger partial charge on any atom is -0.453 e. The van der Waals surface area contributed by atoms with Gasteiger partial charge in [-0.25, -0.2) is 4.79 Å². The third-order valence-electron chi connectivity index (χ3n) is 0.577. The van der Waals surface area contributed by atoms with Crippen LogP contribution in [0.3, 0.4) is 0 Å². The molecule has 0 rings (SSSR count). The zero-order chi connectivity index (χ0) is 8.91. The third-order valence-corrected chi connectivity index (χ3v) is 0.703. The first-order valence-corrected chi connectivity index (χ1v) is 2.89. The molecule has 0 radical (unpaired) electrons. The van der Waals surface area contributed by atoms with E-state index in [9.17, 15) is 18.0 Å². The number of rotatable bonds is 2. The predicted molar refractivity (Wildman–Crippen MR) is 32.0 cm³/mol. The average molecular weight is 189 g/mol. The second-order valence-corrected chi connectivity index (χ2v) is 1.77. The molecule has 0 amide bonds. The van der Waals surface area contributed by atoms with Crippen LogP contribution < -0.4 is 0 Å². The number of carbonyl (C=O) groups is 1. The molecule has 0 spiro atoms. The summed E-state index contributed by atoms with van der Waals surface area (Å²) in [5.74, 6) is -1.11. The van der Waals surface area contributed by atoms with Crippen LogP contribution in [0.1, 0.15) is 0 Å². The topological polar surface area (TPSA) is 26.3 Å². The van der Waals surface area contributed by atoms with E-state index in [1.54, 1.807) is 0 Å². The van der Waals surface area contributed by atoms with E-state index in [1.807, 2.05) is 0 Å². The van der Waals surface area contributed by atoms with E-state index in [0.29, 0.717) is 6.08 Å². The highest BCUT2D eigenvalue weighted by Gasteiger charge is 2.29. The molecule has 0 fully saturated rings. The largest absolute Gasteiger partial charge is 0.453 e. The zero-order valence-electron chi connectivity index (χ0n) is 5.19. The molecular formula is C5H4ClF3O2. The van der Waals surface area contributed by atoms with Gasteiger partial charge in [0.1, 0.15) is 0 Å². The standard InChI is InChI=1S/C5H4ClF3O2/c6-2-1-4(10)11-3-5(7,8)9/h1-2H,3H2/b2-1-. The van der Waals surface area contributed by atoms with Crippen LogP contribution in [0.4, 0.5) is 13.2 Å². The van der Waals surface area contributed by atoms with Crippen LogP contribution in [0.2, 0.25) is 0 Å². The lowest BCUT2D eigenvalue weighted by Crippen LogP contribution is -2.19. The highest BCUT2D eigenvalue weighted by molar-refractivity contribution is 6.26. The molecule has 11 heavy (non-hydrogen) atoms. The summed E-state index contributed by atoms with van der Waals surface area (Å²) in [6.45, 7) is -1.59. The van der Waals surface area contributed by atoms with Crippen molar-refractivity contribution in [3.8, 4) is 0 Å². The minimum atomic E-state index is -4.49. The second-order valence-electron chi connectivity index (χ2n) is 1.52. The Morgan fingerprint density at radius 1 is 1.55 bits per heavy atom. The van der Waals surface area contributed by atoms with Gasteiger partial charge in [0.15, 0.2) is 6.61 Å². The van der Waals surface area contributed by atoms with Crippen molar-refractivity contribution in [2.45, 2.75) is 6.18 Å². The van der Waals surface area contributed by atoms with Gasteiger partial charge >= 0.3 is 12.1 Å². The normalized spacial score (nSPS) is 12.0. The summed E-state index contributed by atoms with van der Waals surface area (Å²) in [5, 5.41) is 0. The maximum atomic E-state index is 11.3. The summed E-state index contributed by atoms with van der Waals surface area (Å²) in [6.07, 6.45) is -3.80. The molecule has 0 aromatic rings. The van der Waals surface area contributed by atoms with Crippen LogP contribution in [0, 0.1) is 0 Å². The summed E-state index contributed by atoms with van der Waals surface area (Å²) in [7, 11) is 0. The van der Waals surface area contributed by atoms with Crippen molar-refractivity contribution in [1.82, 2.24) is 0 Å². The Bertz CT molecular complexity index is 164. The summed E-state index contributed by atoms with van der Waals surface area (Å²) < 4.78 is 37.7. The van der Waals surface area contributed by atoms with E-state index >= 15 is 0 Å². The van der Waals surface area contributed by atoms with Crippen molar-refractivity contribution in [3.63, 3.8) is 0 Å². The summed E-state index contributed by atoms with van der Waals surface area (Å²) >= 11 is 4.88. The average Bonchev–Trinajstić information content (AvgIpc) is 1.83. The van der Waals surface area contributed by atoms with Crippen LogP contribution in [-0.4, -0.2) is 18.8 Å². The van der Waals surface area contributed by atoms with Gasteiger partial charge in [-0.2, -0.15) is 13.2 Å². The van der Waals surface area contributed by atoms with Crippen molar-refractivity contribution < 1.29 is 22.7 Å². The Balaban J connectivity index is 3.63. The number of halogens is 4. The molecule has 64 valence electrons. The molecule has 0 unspecified atom stereocenters. The van der Waals surface area contributed by atoms with Gasteiger partial charge in [0, 0.05) is 11.6 Å². The fourth-order valence-corrected chi connectivity index (χ4v) is 0.355. The number of esters is 1. The first-order valence-electron chi connectivity index (χ1n) is 2.46. The molecule has 0 aromatic carbocycles. The highest BCUT2D eigenvalue weighted by atomic mass is 35.5. The fraction of sp³-hybridized carbons (Fsp3) is 0.400. The zero-order valence-corrected chi connectivity index (χ0v) is 5.95. The van der Waals surface area contributed by atoms with Gasteiger partial charge in [0.2, 0.25) is 0 Å². The smallest absolute Gasteiger partial charge is 0.422 e. The molecular weight excluding hydrogens is 184 g/mol. The van der Waals surface area contributed by atoms with E-state index in [-0.39, 0.29) is 0 Å². The molecule has 0 saturated carbocycles. The van der Waals surface area contributed by atoms with Gasteiger partial charge in [-0.1, -0.05) is 11.6 Å². The monoisotopic (exact) mass is 188 g/mol. The van der Waals surface area contributed by atoms with Crippen molar-refractivity contribution in [1.29, 1.82) is 0 Å². The number of hydrogen-bond acceptors (Lipinski definition) is 2. The number of hydrogen-bond donors (Lipinski definition) is 0. The Hall–Kier alpha value is -0.710. The molecule has 0 heterocycles. The Labute approximate surface area is 65.6 Å². The van der Waals surface area contributed by atoms with E-state index in [1.165, 1.54) is 0 Å². The van der Waals surface area contributed by atoms with Gasteiger partial charge in [-0.3, -0.25) is 0 Å². The van der Waals surface area contributed by atoms with E-state index in [2.05, 4.69) is 4.74 Å². The molecule has 0 bridgehead atoms. The van der Waals surface area contributed by atoms with Gasteiger partial charge in [0.05, 0.1) is 0 Å². The quantitative estimate of drug-likeness (QED) is 0.488. The van der Waals surface area contributed by atoms with Crippen molar-refractivity contribution in [2.75, 3.05) is 6.61 Å². The Morgan fingerprint density at radius 2 is 2.09 bits per heavy atom. The van der Waals surface area contributed by atoms with Gasteiger partial charge in [-0.15, -0.1) is 0 Å².